The van der Waals surface area contributed by atoms with Gasteiger partial charge in [0, 0.05) is 16.9 Å². The minimum absolute atomic E-state index is 0.530. The lowest BCUT2D eigenvalue weighted by molar-refractivity contribution is -0.138. The second kappa shape index (κ2) is 4.06. The molecule has 0 aromatic carbocycles. The average molecular weight is 372 g/mol. The SMILES string of the molecule is O=S(=O)(Cl)c1nccc(C(F)(F)F)c1I. The van der Waals surface area contributed by atoms with Gasteiger partial charge in [-0.05, 0) is 28.7 Å². The lowest BCUT2D eigenvalue weighted by Gasteiger charge is -2.09. The maximum atomic E-state index is 12.3. The average Bonchev–Trinajstić information content (AvgIpc) is 1.99. The van der Waals surface area contributed by atoms with Crippen LogP contribution in [0, 0.1) is 3.57 Å². The van der Waals surface area contributed by atoms with Gasteiger partial charge in [0.1, 0.15) is 0 Å². The Kier molecular flexibility index (Phi) is 3.51. The van der Waals surface area contributed by atoms with Gasteiger partial charge in [-0.1, -0.05) is 0 Å². The monoisotopic (exact) mass is 371 g/mol. The first kappa shape index (κ1) is 13.0. The van der Waals surface area contributed by atoms with Crippen LogP contribution in [0.1, 0.15) is 5.56 Å². The van der Waals surface area contributed by atoms with Crippen LogP contribution < -0.4 is 0 Å². The molecule has 0 atom stereocenters. The Labute approximate surface area is 101 Å². The van der Waals surface area contributed by atoms with Crippen molar-refractivity contribution in [2.75, 3.05) is 0 Å². The van der Waals surface area contributed by atoms with E-state index in [-0.39, 0.29) is 0 Å². The van der Waals surface area contributed by atoms with Gasteiger partial charge in [-0.2, -0.15) is 13.2 Å². The van der Waals surface area contributed by atoms with Gasteiger partial charge in [-0.15, -0.1) is 0 Å². The van der Waals surface area contributed by atoms with E-state index in [1.807, 2.05) is 0 Å². The third-order valence-electron chi connectivity index (χ3n) is 1.39. The molecular weight excluding hydrogens is 369 g/mol. The topological polar surface area (TPSA) is 47.0 Å². The normalized spacial score (nSPS) is 12.9. The Hall–Kier alpha value is -0.0900. The molecule has 3 nitrogen and oxygen atoms in total. The fourth-order valence-corrected chi connectivity index (χ4v) is 3.56. The summed E-state index contributed by atoms with van der Waals surface area (Å²) in [6.45, 7) is 0. The molecule has 0 aliphatic carbocycles. The Bertz CT molecular complexity index is 488. The minimum atomic E-state index is -4.63. The van der Waals surface area contributed by atoms with Crippen molar-refractivity contribution >= 4 is 42.3 Å². The second-order valence-corrected chi connectivity index (χ2v) is 5.97. The first-order chi connectivity index (χ1) is 6.64. The molecule has 0 amide bonds. The summed E-state index contributed by atoms with van der Waals surface area (Å²) >= 11 is 1.25. The molecule has 1 aromatic heterocycles. The molecule has 0 aliphatic rings. The quantitative estimate of drug-likeness (QED) is 0.563. The largest absolute Gasteiger partial charge is 0.417 e. The van der Waals surface area contributed by atoms with Gasteiger partial charge in [0.25, 0.3) is 9.05 Å². The minimum Gasteiger partial charge on any atom is -0.243 e. The van der Waals surface area contributed by atoms with Gasteiger partial charge in [-0.3, -0.25) is 0 Å². The standard InChI is InChI=1S/C6H2ClF3INO2S/c7-15(13,14)5-4(11)3(1-2-12-5)6(8,9)10/h1-2H. The van der Waals surface area contributed by atoms with E-state index in [9.17, 15) is 21.6 Å². The summed E-state index contributed by atoms with van der Waals surface area (Å²) in [5, 5.41) is -0.778. The molecule has 1 heterocycles. The number of aromatic nitrogens is 1. The van der Waals surface area contributed by atoms with Crippen molar-refractivity contribution in [1.29, 1.82) is 0 Å². The Balaban J connectivity index is 3.51. The Morgan fingerprint density at radius 2 is 1.93 bits per heavy atom. The molecule has 0 fully saturated rings. The van der Waals surface area contributed by atoms with Crippen molar-refractivity contribution in [3.05, 3.63) is 21.4 Å². The van der Waals surface area contributed by atoms with Gasteiger partial charge >= 0.3 is 6.18 Å². The summed E-state index contributed by atoms with van der Waals surface area (Å²) in [7, 11) is 0.661. The maximum absolute atomic E-state index is 12.3. The molecule has 0 unspecified atom stereocenters. The van der Waals surface area contributed by atoms with Crippen LogP contribution in [0.4, 0.5) is 13.2 Å². The van der Waals surface area contributed by atoms with Gasteiger partial charge in [0.2, 0.25) is 0 Å². The number of alkyl halides is 3. The summed E-state index contributed by atoms with van der Waals surface area (Å²) in [5.41, 5.74) is -1.07. The van der Waals surface area contributed by atoms with Crippen molar-refractivity contribution in [2.24, 2.45) is 0 Å². The zero-order valence-electron chi connectivity index (χ0n) is 6.72. The molecule has 0 radical (unpaired) electrons. The molecule has 84 valence electrons. The molecule has 0 bridgehead atoms. The smallest absolute Gasteiger partial charge is 0.243 e. The zero-order chi connectivity index (χ0) is 11.9. The molecule has 0 saturated carbocycles. The number of nitrogens with zero attached hydrogens (tertiary/aromatic N) is 1. The molecule has 0 spiro atoms. The maximum Gasteiger partial charge on any atom is 0.417 e. The highest BCUT2D eigenvalue weighted by Gasteiger charge is 2.35. The molecule has 0 saturated heterocycles. The van der Waals surface area contributed by atoms with Crippen molar-refractivity contribution in [1.82, 2.24) is 4.98 Å². The Morgan fingerprint density at radius 1 is 1.40 bits per heavy atom. The molecule has 0 N–H and O–H groups in total. The number of hydrogen-bond donors (Lipinski definition) is 0. The highest BCUT2D eigenvalue weighted by molar-refractivity contribution is 14.1. The lowest BCUT2D eigenvalue weighted by atomic mass is 10.3. The van der Waals surface area contributed by atoms with Crippen molar-refractivity contribution in [3.63, 3.8) is 0 Å². The van der Waals surface area contributed by atoms with Crippen LogP contribution in [0.15, 0.2) is 17.3 Å². The van der Waals surface area contributed by atoms with E-state index >= 15 is 0 Å². The van der Waals surface area contributed by atoms with Crippen LogP contribution in [0.2, 0.25) is 0 Å². The van der Waals surface area contributed by atoms with Gasteiger partial charge in [-0.25, -0.2) is 13.4 Å². The fraction of sp³-hybridized carbons (Fsp3) is 0.167. The van der Waals surface area contributed by atoms with Crippen LogP contribution >= 0.6 is 33.3 Å². The Morgan fingerprint density at radius 3 is 2.33 bits per heavy atom. The highest BCUT2D eigenvalue weighted by atomic mass is 127. The molecule has 1 rings (SSSR count). The molecule has 1 aromatic rings. The van der Waals surface area contributed by atoms with Crippen molar-refractivity contribution in [2.45, 2.75) is 11.2 Å². The van der Waals surface area contributed by atoms with Crippen molar-refractivity contribution in [3.8, 4) is 0 Å². The fourth-order valence-electron chi connectivity index (χ4n) is 0.813. The van der Waals surface area contributed by atoms with E-state index in [4.69, 9.17) is 10.7 Å². The molecular formula is C6H2ClF3INO2S. The second-order valence-electron chi connectivity index (χ2n) is 2.41. The lowest BCUT2D eigenvalue weighted by Crippen LogP contribution is -2.11. The number of hydrogen-bond acceptors (Lipinski definition) is 3. The molecule has 9 heteroatoms. The number of rotatable bonds is 1. The third kappa shape index (κ3) is 2.94. The summed E-state index contributed by atoms with van der Waals surface area (Å²) in [6, 6.07) is 0.688. The molecule has 15 heavy (non-hydrogen) atoms. The van der Waals surface area contributed by atoms with Gasteiger partial charge in [0.05, 0.1) is 9.13 Å². The van der Waals surface area contributed by atoms with Crippen LogP contribution in [0.25, 0.3) is 0 Å². The first-order valence-corrected chi connectivity index (χ1v) is 6.69. The van der Waals surface area contributed by atoms with Crippen molar-refractivity contribution < 1.29 is 21.6 Å². The van der Waals surface area contributed by atoms with Crippen LogP contribution in [-0.4, -0.2) is 13.4 Å². The third-order valence-corrected chi connectivity index (χ3v) is 4.06. The summed E-state index contributed by atoms with van der Waals surface area (Å²) in [5.74, 6) is 0. The van der Waals surface area contributed by atoms with E-state index < -0.39 is 29.4 Å². The van der Waals surface area contributed by atoms with Crippen LogP contribution in [0.5, 0.6) is 0 Å². The van der Waals surface area contributed by atoms with E-state index in [0.717, 1.165) is 6.20 Å². The summed E-state index contributed by atoms with van der Waals surface area (Å²) in [6.07, 6.45) is -3.88. The predicted molar refractivity (Wildman–Crippen MR) is 55.0 cm³/mol. The summed E-state index contributed by atoms with van der Waals surface area (Å²) < 4.78 is 58.2. The van der Waals surface area contributed by atoms with E-state index in [1.165, 1.54) is 22.6 Å². The van der Waals surface area contributed by atoms with E-state index in [1.54, 1.807) is 0 Å². The summed E-state index contributed by atoms with van der Waals surface area (Å²) in [4.78, 5) is 3.30. The van der Waals surface area contributed by atoms with Crippen LogP contribution in [0.3, 0.4) is 0 Å². The van der Waals surface area contributed by atoms with Gasteiger partial charge in [0.15, 0.2) is 5.03 Å². The number of halogens is 5. The van der Waals surface area contributed by atoms with Gasteiger partial charge < -0.3 is 0 Å². The molecule has 0 aliphatic heterocycles. The van der Waals surface area contributed by atoms with Crippen LogP contribution in [-0.2, 0) is 15.2 Å². The van der Waals surface area contributed by atoms with E-state index in [2.05, 4.69) is 4.98 Å². The van der Waals surface area contributed by atoms with E-state index in [0.29, 0.717) is 6.07 Å². The first-order valence-electron chi connectivity index (χ1n) is 3.30. The predicted octanol–water partition coefficient (Wildman–Crippen LogP) is 2.63. The highest BCUT2D eigenvalue weighted by Crippen LogP contribution is 2.35. The zero-order valence-corrected chi connectivity index (χ0v) is 10.4. The number of pyridine rings is 1.